The van der Waals surface area contributed by atoms with Gasteiger partial charge in [0.1, 0.15) is 11.5 Å². The monoisotopic (exact) mass is 357 g/mol. The molecular formula is C22H19N3O2. The summed E-state index contributed by atoms with van der Waals surface area (Å²) in [5.41, 5.74) is 1.98. The van der Waals surface area contributed by atoms with Crippen LogP contribution in [0.4, 0.5) is 5.95 Å². The molecule has 4 aromatic rings. The standard InChI is InChI=1S/C22H19N3O2/c1-15-9-10-18(27-15)11-12-21(26)25-22-23-13-17(14-24-22)20-8-4-6-16-5-2-3-7-19(16)20/h2-10,13-14H,11-12H2,1H3,(H,23,24,25,26). The molecule has 2 heterocycles. The summed E-state index contributed by atoms with van der Waals surface area (Å²) < 4.78 is 5.47. The van der Waals surface area contributed by atoms with Gasteiger partial charge >= 0.3 is 0 Å². The van der Waals surface area contributed by atoms with Crippen molar-refractivity contribution < 1.29 is 9.21 Å². The van der Waals surface area contributed by atoms with Crippen LogP contribution in [-0.2, 0) is 11.2 Å². The minimum atomic E-state index is -0.137. The fourth-order valence-corrected chi connectivity index (χ4v) is 3.05. The minimum Gasteiger partial charge on any atom is -0.466 e. The summed E-state index contributed by atoms with van der Waals surface area (Å²) in [5.74, 6) is 1.81. The van der Waals surface area contributed by atoms with Crippen LogP contribution in [-0.4, -0.2) is 15.9 Å². The molecule has 0 radical (unpaired) electrons. The van der Waals surface area contributed by atoms with Gasteiger partial charge in [0.25, 0.3) is 0 Å². The summed E-state index contributed by atoms with van der Waals surface area (Å²) in [6.45, 7) is 1.88. The van der Waals surface area contributed by atoms with Crippen LogP contribution in [0.1, 0.15) is 17.9 Å². The summed E-state index contributed by atoms with van der Waals surface area (Å²) >= 11 is 0. The first-order valence-corrected chi connectivity index (χ1v) is 8.84. The third-order valence-electron chi connectivity index (χ3n) is 4.40. The lowest BCUT2D eigenvalue weighted by Gasteiger charge is -2.07. The van der Waals surface area contributed by atoms with Crippen molar-refractivity contribution >= 4 is 22.6 Å². The van der Waals surface area contributed by atoms with Crippen molar-refractivity contribution in [3.63, 3.8) is 0 Å². The summed E-state index contributed by atoms with van der Waals surface area (Å²) in [7, 11) is 0. The first kappa shape index (κ1) is 17.0. The number of anilines is 1. The molecule has 2 aromatic carbocycles. The van der Waals surface area contributed by atoms with Gasteiger partial charge in [0.05, 0.1) is 0 Å². The van der Waals surface area contributed by atoms with Gasteiger partial charge in [-0.05, 0) is 35.4 Å². The van der Waals surface area contributed by atoms with Crippen LogP contribution in [0.15, 0.2) is 71.4 Å². The number of rotatable bonds is 5. The summed E-state index contributed by atoms with van der Waals surface area (Å²) in [4.78, 5) is 20.7. The maximum atomic E-state index is 12.1. The second kappa shape index (κ2) is 7.41. The zero-order valence-electron chi connectivity index (χ0n) is 15.0. The van der Waals surface area contributed by atoms with Gasteiger partial charge in [-0.15, -0.1) is 0 Å². The fraction of sp³-hybridized carbons (Fsp3) is 0.136. The summed E-state index contributed by atoms with van der Waals surface area (Å²) in [6, 6.07) is 18.1. The van der Waals surface area contributed by atoms with Crippen molar-refractivity contribution in [1.29, 1.82) is 0 Å². The molecular weight excluding hydrogens is 338 g/mol. The van der Waals surface area contributed by atoms with Crippen LogP contribution in [0, 0.1) is 6.92 Å². The largest absolute Gasteiger partial charge is 0.466 e. The number of furan rings is 1. The number of amides is 1. The van der Waals surface area contributed by atoms with Crippen LogP contribution in [0.2, 0.25) is 0 Å². The number of aromatic nitrogens is 2. The Kier molecular flexibility index (Phi) is 4.66. The van der Waals surface area contributed by atoms with E-state index in [1.54, 1.807) is 12.4 Å². The molecule has 0 bridgehead atoms. The highest BCUT2D eigenvalue weighted by molar-refractivity contribution is 5.96. The topological polar surface area (TPSA) is 68.0 Å². The average molecular weight is 357 g/mol. The maximum Gasteiger partial charge on any atom is 0.229 e. The number of fused-ring (bicyclic) bond motifs is 1. The molecule has 0 saturated carbocycles. The van der Waals surface area contributed by atoms with Gasteiger partial charge in [0.15, 0.2) is 0 Å². The molecule has 0 fully saturated rings. The molecule has 1 N–H and O–H groups in total. The van der Waals surface area contributed by atoms with Gasteiger partial charge in [-0.1, -0.05) is 42.5 Å². The quantitative estimate of drug-likeness (QED) is 0.559. The molecule has 0 aliphatic rings. The molecule has 0 aliphatic carbocycles. The molecule has 5 nitrogen and oxygen atoms in total. The van der Waals surface area contributed by atoms with Gasteiger partial charge in [-0.25, -0.2) is 9.97 Å². The molecule has 0 spiro atoms. The van der Waals surface area contributed by atoms with E-state index in [2.05, 4.69) is 33.5 Å². The van der Waals surface area contributed by atoms with Crippen molar-refractivity contribution in [2.45, 2.75) is 19.8 Å². The SMILES string of the molecule is Cc1ccc(CCC(=O)Nc2ncc(-c3cccc4ccccc34)cn2)o1. The van der Waals surface area contributed by atoms with E-state index in [9.17, 15) is 4.79 Å². The number of benzene rings is 2. The molecule has 2 aromatic heterocycles. The molecule has 1 amide bonds. The van der Waals surface area contributed by atoms with Crippen molar-refractivity contribution in [2.75, 3.05) is 5.32 Å². The van der Waals surface area contributed by atoms with Gasteiger partial charge in [0.2, 0.25) is 11.9 Å². The van der Waals surface area contributed by atoms with Crippen molar-refractivity contribution in [2.24, 2.45) is 0 Å². The number of aryl methyl sites for hydroxylation is 2. The summed E-state index contributed by atoms with van der Waals surface area (Å²) in [6.07, 6.45) is 4.34. The Hall–Kier alpha value is -3.47. The number of carbonyl (C=O) groups is 1. The van der Waals surface area contributed by atoms with Crippen LogP contribution in [0.5, 0.6) is 0 Å². The van der Waals surface area contributed by atoms with E-state index < -0.39 is 0 Å². The van der Waals surface area contributed by atoms with E-state index >= 15 is 0 Å². The maximum absolute atomic E-state index is 12.1. The predicted octanol–water partition coefficient (Wildman–Crippen LogP) is 4.77. The van der Waals surface area contributed by atoms with Crippen molar-refractivity contribution in [3.05, 3.63) is 78.5 Å². The normalized spacial score (nSPS) is 10.9. The molecule has 0 aliphatic heterocycles. The lowest BCUT2D eigenvalue weighted by molar-refractivity contribution is -0.116. The van der Waals surface area contributed by atoms with Gasteiger partial charge in [0, 0.05) is 30.8 Å². The molecule has 27 heavy (non-hydrogen) atoms. The number of hydrogen-bond acceptors (Lipinski definition) is 4. The van der Waals surface area contributed by atoms with Crippen LogP contribution in [0.25, 0.3) is 21.9 Å². The number of hydrogen-bond donors (Lipinski definition) is 1. The molecule has 134 valence electrons. The lowest BCUT2D eigenvalue weighted by Crippen LogP contribution is -2.14. The Morgan fingerprint density at radius 3 is 2.56 bits per heavy atom. The van der Waals surface area contributed by atoms with E-state index in [1.807, 2.05) is 43.3 Å². The number of nitrogens with zero attached hydrogens (tertiary/aromatic N) is 2. The van der Waals surface area contributed by atoms with Gasteiger partial charge in [-0.3, -0.25) is 10.1 Å². The van der Waals surface area contributed by atoms with Crippen LogP contribution in [0.3, 0.4) is 0 Å². The van der Waals surface area contributed by atoms with E-state index in [0.717, 1.165) is 28.0 Å². The highest BCUT2D eigenvalue weighted by atomic mass is 16.3. The zero-order chi connectivity index (χ0) is 18.6. The molecule has 0 unspecified atom stereocenters. The lowest BCUT2D eigenvalue weighted by atomic mass is 10.0. The Morgan fingerprint density at radius 2 is 1.78 bits per heavy atom. The Bertz CT molecular complexity index is 1080. The van der Waals surface area contributed by atoms with E-state index in [0.29, 0.717) is 18.8 Å². The second-order valence-corrected chi connectivity index (χ2v) is 6.38. The Morgan fingerprint density at radius 1 is 1.00 bits per heavy atom. The van der Waals surface area contributed by atoms with Gasteiger partial charge < -0.3 is 4.42 Å². The third-order valence-corrected chi connectivity index (χ3v) is 4.40. The number of carbonyl (C=O) groups excluding carboxylic acids is 1. The first-order valence-electron chi connectivity index (χ1n) is 8.84. The Balaban J connectivity index is 1.45. The molecule has 4 rings (SSSR count). The average Bonchev–Trinajstić information content (AvgIpc) is 3.12. The smallest absolute Gasteiger partial charge is 0.229 e. The second-order valence-electron chi connectivity index (χ2n) is 6.38. The van der Waals surface area contributed by atoms with E-state index in [-0.39, 0.29) is 5.91 Å². The number of nitrogens with one attached hydrogen (secondary N) is 1. The van der Waals surface area contributed by atoms with Crippen LogP contribution >= 0.6 is 0 Å². The van der Waals surface area contributed by atoms with E-state index in [4.69, 9.17) is 4.42 Å². The highest BCUT2D eigenvalue weighted by Gasteiger charge is 2.09. The van der Waals surface area contributed by atoms with Gasteiger partial charge in [-0.2, -0.15) is 0 Å². The first-order chi connectivity index (χ1) is 13.2. The predicted molar refractivity (Wildman–Crippen MR) is 105 cm³/mol. The van der Waals surface area contributed by atoms with E-state index in [1.165, 1.54) is 5.39 Å². The molecule has 5 heteroatoms. The fourth-order valence-electron chi connectivity index (χ4n) is 3.05. The summed E-state index contributed by atoms with van der Waals surface area (Å²) in [5, 5.41) is 5.05. The van der Waals surface area contributed by atoms with Crippen molar-refractivity contribution in [1.82, 2.24) is 9.97 Å². The molecule has 0 saturated heterocycles. The highest BCUT2D eigenvalue weighted by Crippen LogP contribution is 2.27. The van der Waals surface area contributed by atoms with Crippen LogP contribution < -0.4 is 5.32 Å². The zero-order valence-corrected chi connectivity index (χ0v) is 15.0. The molecule has 0 atom stereocenters. The Labute approximate surface area is 157 Å². The minimum absolute atomic E-state index is 0.137. The van der Waals surface area contributed by atoms with Crippen molar-refractivity contribution in [3.8, 4) is 11.1 Å². The third kappa shape index (κ3) is 3.87.